The normalized spacial score (nSPS) is 21.2. The van der Waals surface area contributed by atoms with Crippen molar-refractivity contribution in [2.75, 3.05) is 46.0 Å². The van der Waals surface area contributed by atoms with E-state index in [1.54, 1.807) is 36.4 Å². The first kappa shape index (κ1) is 21.8. The highest BCUT2D eigenvalue weighted by atomic mass is 16.5. The van der Waals surface area contributed by atoms with Crippen LogP contribution < -0.4 is 10.1 Å². The Hall–Kier alpha value is -2.88. The molecule has 30 heavy (non-hydrogen) atoms. The molecule has 0 saturated carbocycles. The maximum atomic E-state index is 13.1. The van der Waals surface area contributed by atoms with Gasteiger partial charge in [-0.05, 0) is 19.1 Å². The number of rotatable bonds is 7. The molecule has 1 N–H and O–H groups in total. The summed E-state index contributed by atoms with van der Waals surface area (Å²) in [5.41, 5.74) is 0. The molecule has 2 aliphatic heterocycles. The molecule has 2 fully saturated rings. The number of hydrogen-bond acceptors (Lipinski definition) is 7. The Morgan fingerprint density at radius 1 is 1.30 bits per heavy atom. The fraction of sp³-hybridized carbons (Fsp3) is 0.600. The molecule has 10 heteroatoms. The largest absolute Gasteiger partial charge is 0.487 e. The van der Waals surface area contributed by atoms with Gasteiger partial charge in [0.25, 0.3) is 0 Å². The van der Waals surface area contributed by atoms with Crippen molar-refractivity contribution in [3.63, 3.8) is 0 Å². The number of morpholine rings is 1. The molecule has 3 amide bonds. The number of pyridine rings is 1. The molecule has 0 aliphatic carbocycles. The van der Waals surface area contributed by atoms with Crippen LogP contribution >= 0.6 is 0 Å². The number of hydrogen-bond donors (Lipinski definition) is 1. The Kier molecular flexibility index (Phi) is 7.83. The van der Waals surface area contributed by atoms with Crippen LogP contribution in [0, 0.1) is 0 Å². The standard InChI is InChI=1S/C20H28N4O6/c1-2-29-18(25)5-7-22-20(27)24-14-16(30-15-4-3-6-21-13-15)12-17(24)19(26)23-8-10-28-11-9-23/h3-4,6,13,16-17H,2,5,7-12,14H2,1H3,(H,22,27)/t16-,17-/m0/s1. The third kappa shape index (κ3) is 5.82. The third-order valence-corrected chi connectivity index (χ3v) is 4.98. The Labute approximate surface area is 175 Å². The molecule has 0 bridgehead atoms. The van der Waals surface area contributed by atoms with E-state index in [9.17, 15) is 14.4 Å². The first-order valence-corrected chi connectivity index (χ1v) is 10.2. The molecule has 3 rings (SSSR count). The third-order valence-electron chi connectivity index (χ3n) is 4.98. The van der Waals surface area contributed by atoms with Gasteiger partial charge in [0.2, 0.25) is 5.91 Å². The number of likely N-dealkylation sites (tertiary alicyclic amines) is 1. The molecular weight excluding hydrogens is 392 g/mol. The lowest BCUT2D eigenvalue weighted by molar-refractivity contribution is -0.143. The topological polar surface area (TPSA) is 110 Å². The molecule has 164 valence electrons. The summed E-state index contributed by atoms with van der Waals surface area (Å²) in [4.78, 5) is 44.6. The number of urea groups is 1. The number of nitrogens with one attached hydrogen (secondary N) is 1. The van der Waals surface area contributed by atoms with Gasteiger partial charge in [-0.3, -0.25) is 14.6 Å². The average Bonchev–Trinajstić information content (AvgIpc) is 3.18. The van der Waals surface area contributed by atoms with Gasteiger partial charge < -0.3 is 29.3 Å². The molecule has 0 radical (unpaired) electrons. The van der Waals surface area contributed by atoms with Crippen molar-refractivity contribution in [3.05, 3.63) is 24.5 Å². The highest BCUT2D eigenvalue weighted by Gasteiger charge is 2.42. The van der Waals surface area contributed by atoms with Crippen molar-refractivity contribution in [1.29, 1.82) is 0 Å². The van der Waals surface area contributed by atoms with E-state index < -0.39 is 12.1 Å². The molecule has 1 aromatic rings. The van der Waals surface area contributed by atoms with Gasteiger partial charge >= 0.3 is 12.0 Å². The summed E-state index contributed by atoms with van der Waals surface area (Å²) in [6, 6.07) is 2.52. The smallest absolute Gasteiger partial charge is 0.318 e. The number of amides is 3. The lowest BCUT2D eigenvalue weighted by Gasteiger charge is -2.32. The minimum absolute atomic E-state index is 0.0745. The molecule has 2 saturated heterocycles. The summed E-state index contributed by atoms with van der Waals surface area (Å²) >= 11 is 0. The van der Waals surface area contributed by atoms with Crippen LogP contribution in [0.25, 0.3) is 0 Å². The lowest BCUT2D eigenvalue weighted by atomic mass is 10.1. The van der Waals surface area contributed by atoms with Crippen molar-refractivity contribution in [1.82, 2.24) is 20.1 Å². The van der Waals surface area contributed by atoms with Crippen molar-refractivity contribution in [2.45, 2.75) is 31.9 Å². The second-order valence-electron chi connectivity index (χ2n) is 7.06. The lowest BCUT2D eigenvalue weighted by Crippen LogP contribution is -2.53. The van der Waals surface area contributed by atoms with Gasteiger partial charge in [0, 0.05) is 32.3 Å². The molecular formula is C20H28N4O6. The quantitative estimate of drug-likeness (QED) is 0.637. The monoisotopic (exact) mass is 420 g/mol. The van der Waals surface area contributed by atoms with Crippen molar-refractivity contribution in [2.24, 2.45) is 0 Å². The Bertz CT molecular complexity index is 725. The molecule has 0 spiro atoms. The van der Waals surface area contributed by atoms with E-state index in [4.69, 9.17) is 14.2 Å². The molecule has 3 heterocycles. The Morgan fingerprint density at radius 2 is 2.10 bits per heavy atom. The van der Waals surface area contributed by atoms with E-state index in [-0.39, 0.29) is 37.5 Å². The predicted molar refractivity (Wildman–Crippen MR) is 106 cm³/mol. The SMILES string of the molecule is CCOC(=O)CCNC(=O)N1C[C@@H](Oc2cccnc2)C[C@H]1C(=O)N1CCOCC1. The highest BCUT2D eigenvalue weighted by Crippen LogP contribution is 2.24. The van der Waals surface area contributed by atoms with Crippen LogP contribution in [0.2, 0.25) is 0 Å². The van der Waals surface area contributed by atoms with Crippen LogP contribution in [0.3, 0.4) is 0 Å². The number of ether oxygens (including phenoxy) is 3. The molecule has 0 unspecified atom stereocenters. The van der Waals surface area contributed by atoms with Gasteiger partial charge in [0.1, 0.15) is 17.9 Å². The summed E-state index contributed by atoms with van der Waals surface area (Å²) in [5.74, 6) is 0.0960. The average molecular weight is 420 g/mol. The number of carbonyl (C=O) groups excluding carboxylic acids is 3. The first-order chi connectivity index (χ1) is 14.6. The number of nitrogens with zero attached hydrogens (tertiary/aromatic N) is 3. The number of esters is 1. The fourth-order valence-electron chi connectivity index (χ4n) is 3.55. The van der Waals surface area contributed by atoms with Gasteiger partial charge in [-0.25, -0.2) is 4.79 Å². The zero-order valence-electron chi connectivity index (χ0n) is 17.1. The summed E-state index contributed by atoms with van der Waals surface area (Å²) < 4.78 is 16.1. The van der Waals surface area contributed by atoms with Crippen molar-refractivity contribution >= 4 is 17.9 Å². The summed E-state index contributed by atoms with van der Waals surface area (Å²) in [6.07, 6.45) is 3.37. The van der Waals surface area contributed by atoms with Crippen molar-refractivity contribution < 1.29 is 28.6 Å². The van der Waals surface area contributed by atoms with Gasteiger partial charge in [0.15, 0.2) is 0 Å². The van der Waals surface area contributed by atoms with Crippen LogP contribution in [0.15, 0.2) is 24.5 Å². The summed E-state index contributed by atoms with van der Waals surface area (Å²) in [5, 5.41) is 2.71. The zero-order valence-corrected chi connectivity index (χ0v) is 17.1. The Morgan fingerprint density at radius 3 is 2.80 bits per heavy atom. The maximum Gasteiger partial charge on any atom is 0.318 e. The minimum atomic E-state index is -0.632. The maximum absolute atomic E-state index is 13.1. The highest BCUT2D eigenvalue weighted by molar-refractivity contribution is 5.88. The van der Waals surface area contributed by atoms with E-state index in [1.807, 2.05) is 0 Å². The molecule has 2 atom stereocenters. The van der Waals surface area contributed by atoms with E-state index >= 15 is 0 Å². The molecule has 1 aromatic heterocycles. The minimum Gasteiger partial charge on any atom is -0.487 e. The van der Waals surface area contributed by atoms with Crippen molar-refractivity contribution in [3.8, 4) is 5.75 Å². The Balaban J connectivity index is 1.63. The van der Waals surface area contributed by atoms with E-state index in [0.717, 1.165) is 0 Å². The zero-order chi connectivity index (χ0) is 21.3. The summed E-state index contributed by atoms with van der Waals surface area (Å²) in [6.45, 7) is 4.40. The van der Waals surface area contributed by atoms with Crippen LogP contribution in [0.1, 0.15) is 19.8 Å². The molecule has 10 nitrogen and oxygen atoms in total. The number of carbonyl (C=O) groups is 3. The predicted octanol–water partition coefficient (Wildman–Crippen LogP) is 0.425. The van der Waals surface area contributed by atoms with Crippen LogP contribution in [0.5, 0.6) is 5.75 Å². The van der Waals surface area contributed by atoms with Gasteiger partial charge in [-0.2, -0.15) is 0 Å². The van der Waals surface area contributed by atoms with Crippen LogP contribution in [-0.4, -0.2) is 90.8 Å². The summed E-state index contributed by atoms with van der Waals surface area (Å²) in [7, 11) is 0. The number of aromatic nitrogens is 1. The van der Waals surface area contributed by atoms with E-state index in [2.05, 4.69) is 10.3 Å². The first-order valence-electron chi connectivity index (χ1n) is 10.2. The molecule has 0 aromatic carbocycles. The van der Waals surface area contributed by atoms with E-state index in [0.29, 0.717) is 45.1 Å². The van der Waals surface area contributed by atoms with E-state index in [1.165, 1.54) is 4.90 Å². The van der Waals surface area contributed by atoms with Crippen LogP contribution in [0.4, 0.5) is 4.79 Å². The fourth-order valence-corrected chi connectivity index (χ4v) is 3.55. The van der Waals surface area contributed by atoms with Crippen LogP contribution in [-0.2, 0) is 19.1 Å². The van der Waals surface area contributed by atoms with Gasteiger partial charge in [0.05, 0.1) is 39.0 Å². The molecule has 2 aliphatic rings. The second kappa shape index (κ2) is 10.8. The second-order valence-corrected chi connectivity index (χ2v) is 7.06. The van der Waals surface area contributed by atoms with Gasteiger partial charge in [-0.15, -0.1) is 0 Å². The van der Waals surface area contributed by atoms with Gasteiger partial charge in [-0.1, -0.05) is 0 Å².